The number of carbonyl (C=O) groups is 1. The first-order valence-corrected chi connectivity index (χ1v) is 5.88. The first-order valence-electron chi connectivity index (χ1n) is 5.13. The summed E-state index contributed by atoms with van der Waals surface area (Å²) in [6.45, 7) is 0. The van der Waals surface area contributed by atoms with Crippen molar-refractivity contribution in [2.24, 2.45) is 0 Å². The molecule has 2 N–H and O–H groups in total. The van der Waals surface area contributed by atoms with Crippen LogP contribution in [0.15, 0.2) is 42.5 Å². The molecule has 0 unspecified atom stereocenters. The third-order valence-electron chi connectivity index (χ3n) is 2.35. The van der Waals surface area contributed by atoms with Crippen LogP contribution in [0.5, 0.6) is 5.75 Å². The number of anilines is 1. The SMILES string of the molecule is O=C(Nc1ccc(O)c(Cl)c1Cl)c1ccccc1. The lowest BCUT2D eigenvalue weighted by Crippen LogP contribution is -2.11. The van der Waals surface area contributed by atoms with Crippen LogP contribution < -0.4 is 5.32 Å². The molecule has 0 heterocycles. The van der Waals surface area contributed by atoms with Crippen LogP contribution in [0.4, 0.5) is 5.69 Å². The van der Waals surface area contributed by atoms with Crippen LogP contribution in [0.3, 0.4) is 0 Å². The predicted octanol–water partition coefficient (Wildman–Crippen LogP) is 3.95. The monoisotopic (exact) mass is 281 g/mol. The Kier molecular flexibility index (Phi) is 3.75. The van der Waals surface area contributed by atoms with Gasteiger partial charge in [0.05, 0.1) is 10.7 Å². The molecule has 1 amide bonds. The first kappa shape index (κ1) is 12.7. The van der Waals surface area contributed by atoms with Gasteiger partial charge < -0.3 is 10.4 Å². The number of hydrogen-bond acceptors (Lipinski definition) is 2. The standard InChI is InChI=1S/C13H9Cl2NO2/c14-11-9(6-7-10(17)12(11)15)16-13(18)8-4-2-1-3-5-8/h1-7,17H,(H,16,18). The van der Waals surface area contributed by atoms with Crippen molar-refractivity contribution in [3.05, 3.63) is 58.1 Å². The van der Waals surface area contributed by atoms with Gasteiger partial charge in [-0.2, -0.15) is 0 Å². The number of phenolic OH excluding ortho intramolecular Hbond substituents is 1. The van der Waals surface area contributed by atoms with E-state index < -0.39 is 0 Å². The largest absolute Gasteiger partial charge is 0.506 e. The fraction of sp³-hybridized carbons (Fsp3) is 0. The lowest BCUT2D eigenvalue weighted by molar-refractivity contribution is 0.102. The van der Waals surface area contributed by atoms with Crippen LogP contribution >= 0.6 is 23.2 Å². The van der Waals surface area contributed by atoms with Crippen LogP contribution in [0, 0.1) is 0 Å². The number of nitrogens with one attached hydrogen (secondary N) is 1. The molecule has 18 heavy (non-hydrogen) atoms. The number of benzene rings is 2. The van der Waals surface area contributed by atoms with Crippen LogP contribution in [-0.4, -0.2) is 11.0 Å². The molecule has 0 aliphatic rings. The summed E-state index contributed by atoms with van der Waals surface area (Å²) in [6.07, 6.45) is 0. The number of hydrogen-bond donors (Lipinski definition) is 2. The molecule has 0 saturated carbocycles. The molecule has 0 aliphatic heterocycles. The highest BCUT2D eigenvalue weighted by atomic mass is 35.5. The Bertz CT molecular complexity index is 585. The van der Waals surface area contributed by atoms with Gasteiger partial charge >= 0.3 is 0 Å². The molecule has 0 bridgehead atoms. The Balaban J connectivity index is 2.26. The van der Waals surface area contributed by atoms with Crippen LogP contribution in [0.25, 0.3) is 0 Å². The fourth-order valence-corrected chi connectivity index (χ4v) is 1.79. The molecule has 0 aromatic heterocycles. The minimum atomic E-state index is -0.292. The van der Waals surface area contributed by atoms with Crippen molar-refractivity contribution >= 4 is 34.8 Å². The molecule has 0 radical (unpaired) electrons. The molecule has 2 aromatic carbocycles. The van der Waals surface area contributed by atoms with E-state index >= 15 is 0 Å². The van der Waals surface area contributed by atoms with E-state index in [9.17, 15) is 9.90 Å². The molecular weight excluding hydrogens is 273 g/mol. The fourth-order valence-electron chi connectivity index (χ4n) is 1.42. The van der Waals surface area contributed by atoms with Crippen molar-refractivity contribution < 1.29 is 9.90 Å². The van der Waals surface area contributed by atoms with Gasteiger partial charge in [-0.05, 0) is 24.3 Å². The number of phenols is 1. The lowest BCUT2D eigenvalue weighted by Gasteiger charge is -2.09. The number of carbonyl (C=O) groups excluding carboxylic acids is 1. The van der Waals surface area contributed by atoms with Gasteiger partial charge in [0.1, 0.15) is 10.8 Å². The molecule has 0 aliphatic carbocycles. The Hall–Kier alpha value is -1.71. The topological polar surface area (TPSA) is 49.3 Å². The Morgan fingerprint density at radius 1 is 1.00 bits per heavy atom. The van der Waals surface area contributed by atoms with Gasteiger partial charge in [0.15, 0.2) is 0 Å². The zero-order chi connectivity index (χ0) is 13.1. The Morgan fingerprint density at radius 2 is 1.67 bits per heavy atom. The molecule has 92 valence electrons. The summed E-state index contributed by atoms with van der Waals surface area (Å²) >= 11 is 11.7. The molecule has 5 heteroatoms. The van der Waals surface area contributed by atoms with Crippen molar-refractivity contribution in [1.29, 1.82) is 0 Å². The van der Waals surface area contributed by atoms with Gasteiger partial charge in [-0.1, -0.05) is 41.4 Å². The zero-order valence-corrected chi connectivity index (χ0v) is 10.7. The van der Waals surface area contributed by atoms with Crippen molar-refractivity contribution in [2.75, 3.05) is 5.32 Å². The molecular formula is C13H9Cl2NO2. The Labute approximate surface area is 114 Å². The third-order valence-corrected chi connectivity index (χ3v) is 3.22. The van der Waals surface area contributed by atoms with Crippen LogP contribution in [0.2, 0.25) is 10.0 Å². The molecule has 2 aromatic rings. The summed E-state index contributed by atoms with van der Waals surface area (Å²) in [6, 6.07) is 11.6. The normalized spacial score (nSPS) is 10.1. The summed E-state index contributed by atoms with van der Waals surface area (Å²) in [7, 11) is 0. The maximum absolute atomic E-state index is 11.9. The second kappa shape index (κ2) is 5.29. The zero-order valence-electron chi connectivity index (χ0n) is 9.15. The molecule has 0 atom stereocenters. The van der Waals surface area contributed by atoms with Gasteiger partial charge in [0.25, 0.3) is 5.91 Å². The van der Waals surface area contributed by atoms with E-state index in [1.165, 1.54) is 12.1 Å². The molecule has 0 spiro atoms. The average molecular weight is 282 g/mol. The molecule has 0 fully saturated rings. The van der Waals surface area contributed by atoms with Crippen LogP contribution in [0.1, 0.15) is 10.4 Å². The maximum atomic E-state index is 11.9. The van der Waals surface area contributed by atoms with E-state index in [4.69, 9.17) is 23.2 Å². The van der Waals surface area contributed by atoms with Gasteiger partial charge in [-0.15, -0.1) is 0 Å². The highest BCUT2D eigenvalue weighted by molar-refractivity contribution is 6.44. The summed E-state index contributed by atoms with van der Waals surface area (Å²) in [5, 5.41) is 12.1. The summed E-state index contributed by atoms with van der Waals surface area (Å²) < 4.78 is 0. The predicted molar refractivity (Wildman–Crippen MR) is 72.5 cm³/mol. The lowest BCUT2D eigenvalue weighted by atomic mass is 10.2. The van der Waals surface area contributed by atoms with Gasteiger partial charge in [0.2, 0.25) is 0 Å². The van der Waals surface area contributed by atoms with Gasteiger partial charge in [-0.3, -0.25) is 4.79 Å². The van der Waals surface area contributed by atoms with E-state index in [0.29, 0.717) is 11.3 Å². The minimum absolute atomic E-state index is 0.0162. The highest BCUT2D eigenvalue weighted by Crippen LogP contribution is 2.36. The first-order chi connectivity index (χ1) is 8.59. The second-order valence-corrected chi connectivity index (χ2v) is 4.34. The van der Waals surface area contributed by atoms with Crippen LogP contribution in [-0.2, 0) is 0 Å². The van der Waals surface area contributed by atoms with Gasteiger partial charge in [0, 0.05) is 5.56 Å². The molecule has 2 rings (SSSR count). The minimum Gasteiger partial charge on any atom is -0.506 e. The summed E-state index contributed by atoms with van der Waals surface area (Å²) in [4.78, 5) is 11.9. The maximum Gasteiger partial charge on any atom is 0.255 e. The quantitative estimate of drug-likeness (QED) is 0.819. The number of halogens is 2. The van der Waals surface area contributed by atoms with Gasteiger partial charge in [-0.25, -0.2) is 0 Å². The van der Waals surface area contributed by atoms with Crippen molar-refractivity contribution in [1.82, 2.24) is 0 Å². The highest BCUT2D eigenvalue weighted by Gasteiger charge is 2.12. The van der Waals surface area contributed by atoms with E-state index in [1.807, 2.05) is 6.07 Å². The van der Waals surface area contributed by atoms with E-state index in [-0.39, 0.29) is 21.7 Å². The average Bonchev–Trinajstić information content (AvgIpc) is 2.40. The second-order valence-electron chi connectivity index (χ2n) is 3.58. The van der Waals surface area contributed by atoms with E-state index in [2.05, 4.69) is 5.32 Å². The van der Waals surface area contributed by atoms with E-state index in [1.54, 1.807) is 24.3 Å². The molecule has 3 nitrogen and oxygen atoms in total. The number of aromatic hydroxyl groups is 1. The Morgan fingerprint density at radius 3 is 2.33 bits per heavy atom. The number of amides is 1. The third kappa shape index (κ3) is 2.58. The molecule has 0 saturated heterocycles. The smallest absolute Gasteiger partial charge is 0.255 e. The van der Waals surface area contributed by atoms with E-state index in [0.717, 1.165) is 0 Å². The van der Waals surface area contributed by atoms with Crippen molar-refractivity contribution in [2.45, 2.75) is 0 Å². The van der Waals surface area contributed by atoms with Crippen molar-refractivity contribution in [3.63, 3.8) is 0 Å². The summed E-state index contributed by atoms with van der Waals surface area (Å²) in [5.41, 5.74) is 0.867. The number of rotatable bonds is 2. The van der Waals surface area contributed by atoms with Crippen molar-refractivity contribution in [3.8, 4) is 5.75 Å². The summed E-state index contributed by atoms with van der Waals surface area (Å²) in [5.74, 6) is -0.418.